The number of hydrogen-bond acceptors (Lipinski definition) is 7. The Kier molecular flexibility index (Phi) is 8.96. The lowest BCUT2D eigenvalue weighted by molar-refractivity contribution is 0.0244. The number of carbonyl (C=O) groups excluding carboxylic acids is 1. The number of imidazole rings is 1. The number of methoxy groups -OCH3 is 1. The van der Waals surface area contributed by atoms with Crippen molar-refractivity contribution in [1.29, 1.82) is 0 Å². The van der Waals surface area contributed by atoms with E-state index >= 15 is 0 Å². The van der Waals surface area contributed by atoms with Crippen molar-refractivity contribution in [3.8, 4) is 28.4 Å². The van der Waals surface area contributed by atoms with Gasteiger partial charge in [0.05, 0.1) is 31.2 Å². The van der Waals surface area contributed by atoms with Gasteiger partial charge in [0.1, 0.15) is 22.6 Å². The topological polar surface area (TPSA) is 98.2 Å². The van der Waals surface area contributed by atoms with E-state index in [1.54, 1.807) is 23.8 Å². The number of nitrogens with zero attached hydrogens (tertiary/aromatic N) is 5. The van der Waals surface area contributed by atoms with Gasteiger partial charge in [-0.15, -0.1) is 11.8 Å². The summed E-state index contributed by atoms with van der Waals surface area (Å²) < 4.78 is 13.0. The van der Waals surface area contributed by atoms with E-state index in [0.717, 1.165) is 71.9 Å². The molecule has 1 amide bonds. The first-order chi connectivity index (χ1) is 22.6. The fourth-order valence-corrected chi connectivity index (χ4v) is 6.25. The third kappa shape index (κ3) is 6.69. The van der Waals surface area contributed by atoms with E-state index in [9.17, 15) is 4.79 Å². The van der Waals surface area contributed by atoms with Crippen molar-refractivity contribution in [3.63, 3.8) is 0 Å². The Balaban J connectivity index is 1.43. The Labute approximate surface area is 279 Å². The quantitative estimate of drug-likeness (QED) is 0.157. The van der Waals surface area contributed by atoms with Crippen LogP contribution in [0.15, 0.2) is 78.0 Å². The normalized spacial score (nSPS) is 11.7. The van der Waals surface area contributed by atoms with E-state index in [0.29, 0.717) is 19.6 Å². The number of aromatic amines is 1. The van der Waals surface area contributed by atoms with Crippen LogP contribution in [-0.4, -0.2) is 61.2 Å². The number of aromatic nitrogens is 5. The van der Waals surface area contributed by atoms with Gasteiger partial charge in [0, 0.05) is 34.8 Å². The molecule has 0 saturated carbocycles. The average Bonchev–Trinajstić information content (AvgIpc) is 3.65. The largest absolute Gasteiger partial charge is 0.497 e. The van der Waals surface area contributed by atoms with E-state index < -0.39 is 5.60 Å². The van der Waals surface area contributed by atoms with Gasteiger partial charge in [-0.3, -0.25) is 9.67 Å². The number of hydrogen-bond donors (Lipinski definition) is 1. The Bertz CT molecular complexity index is 2060. The van der Waals surface area contributed by atoms with Gasteiger partial charge < -0.3 is 19.4 Å². The summed E-state index contributed by atoms with van der Waals surface area (Å²) in [5.74, 6) is 1.53. The number of para-hydroxylation sites is 1. The zero-order valence-electron chi connectivity index (χ0n) is 27.9. The minimum Gasteiger partial charge on any atom is -0.497 e. The summed E-state index contributed by atoms with van der Waals surface area (Å²) in [6, 6.07) is 20.6. The SMILES string of the molecule is CCN(Cc1cncc(-c2ccc3c(c2)c(-c2nc4c(SC)cccc4[nH]2)nn3Cc2ccc(OC)cc2)c1C)C(=O)OC(C)(C)C. The molecule has 0 saturated heterocycles. The zero-order valence-corrected chi connectivity index (χ0v) is 28.7. The van der Waals surface area contributed by atoms with Gasteiger partial charge in [0.15, 0.2) is 5.82 Å². The third-order valence-electron chi connectivity index (χ3n) is 8.19. The number of ether oxygens (including phenoxy) is 2. The molecule has 3 aromatic heterocycles. The van der Waals surface area contributed by atoms with Crippen LogP contribution in [0.1, 0.15) is 44.4 Å². The van der Waals surface area contributed by atoms with Gasteiger partial charge in [-0.2, -0.15) is 5.10 Å². The molecule has 0 fully saturated rings. The molecule has 9 nitrogen and oxygen atoms in total. The molecule has 1 N–H and O–H groups in total. The number of thioether (sulfide) groups is 1. The molecule has 3 aromatic carbocycles. The number of rotatable bonds is 9. The van der Waals surface area contributed by atoms with Gasteiger partial charge in [0.25, 0.3) is 0 Å². The van der Waals surface area contributed by atoms with Gasteiger partial charge in [-0.1, -0.05) is 24.3 Å². The molecule has 3 heterocycles. The molecule has 0 aliphatic rings. The van der Waals surface area contributed by atoms with Crippen molar-refractivity contribution in [2.45, 2.75) is 58.2 Å². The van der Waals surface area contributed by atoms with Crippen molar-refractivity contribution in [2.75, 3.05) is 19.9 Å². The van der Waals surface area contributed by atoms with Crippen molar-refractivity contribution in [2.24, 2.45) is 0 Å². The first kappa shape index (κ1) is 32.1. The molecule has 0 unspecified atom stereocenters. The van der Waals surface area contributed by atoms with Crippen LogP contribution >= 0.6 is 11.8 Å². The minimum absolute atomic E-state index is 0.337. The standard InChI is InChI=1S/C37H40N6O3S/c1-8-42(36(44)46-37(3,4)5)22-26-19-38-20-29(23(26)2)25-14-17-31-28(18-25)33(35-39-30-10-9-11-32(47-7)34(30)40-35)41-43(31)21-24-12-15-27(45-6)16-13-24/h9-20H,8,21-22H2,1-7H3,(H,39,40). The lowest BCUT2D eigenvalue weighted by Gasteiger charge is -2.27. The molecule has 0 aliphatic heterocycles. The van der Waals surface area contributed by atoms with Gasteiger partial charge in [-0.25, -0.2) is 9.78 Å². The average molecular weight is 649 g/mol. The van der Waals surface area contributed by atoms with E-state index in [4.69, 9.17) is 19.6 Å². The predicted octanol–water partition coefficient (Wildman–Crippen LogP) is 8.49. The van der Waals surface area contributed by atoms with Crippen molar-refractivity contribution in [3.05, 3.63) is 89.7 Å². The molecule has 47 heavy (non-hydrogen) atoms. The number of pyridine rings is 1. The Hall–Kier alpha value is -4.83. The van der Waals surface area contributed by atoms with Crippen LogP contribution in [0.5, 0.6) is 5.75 Å². The maximum Gasteiger partial charge on any atom is 0.410 e. The lowest BCUT2D eigenvalue weighted by Crippen LogP contribution is -2.36. The molecule has 0 aliphatic carbocycles. The Morgan fingerprint density at radius 3 is 2.55 bits per heavy atom. The highest BCUT2D eigenvalue weighted by Gasteiger charge is 2.23. The fraction of sp³-hybridized carbons (Fsp3) is 0.297. The van der Waals surface area contributed by atoms with Gasteiger partial charge >= 0.3 is 6.09 Å². The van der Waals surface area contributed by atoms with Crippen LogP contribution in [0.4, 0.5) is 4.79 Å². The number of fused-ring (bicyclic) bond motifs is 2. The maximum absolute atomic E-state index is 12.9. The molecule has 6 aromatic rings. The molecule has 0 radical (unpaired) electrons. The van der Waals surface area contributed by atoms with Crippen molar-refractivity contribution >= 4 is 39.8 Å². The van der Waals surface area contributed by atoms with Gasteiger partial charge in [-0.05, 0) is 99.5 Å². The fourth-order valence-electron chi connectivity index (χ4n) is 5.69. The highest BCUT2D eigenvalue weighted by Crippen LogP contribution is 2.35. The lowest BCUT2D eigenvalue weighted by atomic mass is 9.97. The molecule has 10 heteroatoms. The zero-order chi connectivity index (χ0) is 33.3. The highest BCUT2D eigenvalue weighted by atomic mass is 32.2. The van der Waals surface area contributed by atoms with E-state index in [2.05, 4.69) is 59.5 Å². The third-order valence-corrected chi connectivity index (χ3v) is 8.96. The molecular formula is C37H40N6O3S. The highest BCUT2D eigenvalue weighted by molar-refractivity contribution is 7.98. The molecule has 0 spiro atoms. The second-order valence-electron chi connectivity index (χ2n) is 12.5. The summed E-state index contributed by atoms with van der Waals surface area (Å²) in [6.45, 7) is 11.2. The van der Waals surface area contributed by atoms with E-state index in [-0.39, 0.29) is 6.09 Å². The van der Waals surface area contributed by atoms with Gasteiger partial charge in [0.2, 0.25) is 0 Å². The number of carbonyl (C=O) groups is 1. The summed E-state index contributed by atoms with van der Waals surface area (Å²) in [5, 5.41) is 6.11. The van der Waals surface area contributed by atoms with Crippen LogP contribution < -0.4 is 4.74 Å². The summed E-state index contributed by atoms with van der Waals surface area (Å²) in [7, 11) is 1.67. The maximum atomic E-state index is 12.9. The van der Waals surface area contributed by atoms with Crippen LogP contribution in [0, 0.1) is 6.92 Å². The predicted molar refractivity (Wildman–Crippen MR) is 189 cm³/mol. The molecule has 0 atom stereocenters. The first-order valence-electron chi connectivity index (χ1n) is 15.7. The van der Waals surface area contributed by atoms with Crippen molar-refractivity contribution < 1.29 is 14.3 Å². The second-order valence-corrected chi connectivity index (χ2v) is 13.3. The summed E-state index contributed by atoms with van der Waals surface area (Å²) in [6.07, 6.45) is 5.44. The smallest absolute Gasteiger partial charge is 0.410 e. The monoisotopic (exact) mass is 648 g/mol. The second kappa shape index (κ2) is 13.1. The Morgan fingerprint density at radius 2 is 1.85 bits per heavy atom. The number of nitrogens with one attached hydrogen (secondary N) is 1. The molecule has 0 bridgehead atoms. The number of amides is 1. The molecule has 242 valence electrons. The minimum atomic E-state index is -0.568. The summed E-state index contributed by atoms with van der Waals surface area (Å²) in [4.78, 5) is 28.9. The van der Waals surface area contributed by atoms with E-state index in [1.807, 2.05) is 69.0 Å². The number of H-pyrrole nitrogens is 1. The van der Waals surface area contributed by atoms with E-state index in [1.165, 1.54) is 0 Å². The summed E-state index contributed by atoms with van der Waals surface area (Å²) in [5.41, 5.74) is 8.25. The van der Waals surface area contributed by atoms with Crippen LogP contribution in [0.2, 0.25) is 0 Å². The van der Waals surface area contributed by atoms with Crippen LogP contribution in [0.25, 0.3) is 44.6 Å². The molecular weight excluding hydrogens is 609 g/mol. The molecule has 6 rings (SSSR count). The Morgan fingerprint density at radius 1 is 1.06 bits per heavy atom. The number of benzene rings is 3. The van der Waals surface area contributed by atoms with Crippen molar-refractivity contribution in [1.82, 2.24) is 29.6 Å². The summed E-state index contributed by atoms with van der Waals surface area (Å²) >= 11 is 1.68. The first-order valence-corrected chi connectivity index (χ1v) is 16.9. The van der Waals surface area contributed by atoms with Crippen LogP contribution in [0.3, 0.4) is 0 Å². The van der Waals surface area contributed by atoms with Crippen LogP contribution in [-0.2, 0) is 17.8 Å².